The summed E-state index contributed by atoms with van der Waals surface area (Å²) in [4.78, 5) is 2.68. The van der Waals surface area contributed by atoms with E-state index < -0.39 is 0 Å². The lowest BCUT2D eigenvalue weighted by molar-refractivity contribution is 0.0745. The monoisotopic (exact) mass is 266 g/mol. The highest BCUT2D eigenvalue weighted by Crippen LogP contribution is 2.45. The summed E-state index contributed by atoms with van der Waals surface area (Å²) >= 11 is 0. The van der Waals surface area contributed by atoms with E-state index >= 15 is 0 Å². The van der Waals surface area contributed by atoms with Crippen LogP contribution in [0.25, 0.3) is 0 Å². The first-order valence-electron chi connectivity index (χ1n) is 8.40. The van der Waals surface area contributed by atoms with Crippen molar-refractivity contribution in [2.24, 2.45) is 5.41 Å². The molecule has 0 aromatic rings. The van der Waals surface area contributed by atoms with E-state index in [9.17, 15) is 0 Å². The summed E-state index contributed by atoms with van der Waals surface area (Å²) < 4.78 is 5.40. The van der Waals surface area contributed by atoms with Crippen molar-refractivity contribution in [2.75, 3.05) is 39.4 Å². The third-order valence-electron chi connectivity index (χ3n) is 5.66. The smallest absolute Gasteiger partial charge is 0.0480 e. The molecule has 1 spiro atoms. The van der Waals surface area contributed by atoms with Crippen molar-refractivity contribution in [3.05, 3.63) is 0 Å². The Morgan fingerprint density at radius 3 is 2.37 bits per heavy atom. The van der Waals surface area contributed by atoms with Crippen LogP contribution in [0.15, 0.2) is 0 Å². The molecule has 3 aliphatic rings. The Morgan fingerprint density at radius 1 is 1.00 bits per heavy atom. The van der Waals surface area contributed by atoms with E-state index in [1.54, 1.807) is 0 Å². The summed E-state index contributed by atoms with van der Waals surface area (Å²) in [6.45, 7) is 6.99. The van der Waals surface area contributed by atoms with Crippen molar-refractivity contribution in [1.82, 2.24) is 10.2 Å². The van der Waals surface area contributed by atoms with Crippen molar-refractivity contribution >= 4 is 0 Å². The quantitative estimate of drug-likeness (QED) is 0.846. The van der Waals surface area contributed by atoms with Gasteiger partial charge in [-0.25, -0.2) is 0 Å². The average Bonchev–Trinajstić information content (AvgIpc) is 2.91. The summed E-state index contributed by atoms with van der Waals surface area (Å²) in [6, 6.07) is 0.708. The molecule has 2 aliphatic heterocycles. The van der Waals surface area contributed by atoms with Crippen LogP contribution in [0.3, 0.4) is 0 Å². The van der Waals surface area contributed by atoms with E-state index in [1.165, 1.54) is 71.0 Å². The van der Waals surface area contributed by atoms with Crippen molar-refractivity contribution < 1.29 is 4.74 Å². The van der Waals surface area contributed by atoms with E-state index in [0.717, 1.165) is 25.2 Å². The maximum absolute atomic E-state index is 5.40. The number of ether oxygens (including phenoxy) is 1. The Labute approximate surface area is 118 Å². The van der Waals surface area contributed by atoms with Crippen LogP contribution in [0, 0.1) is 5.41 Å². The molecule has 3 rings (SSSR count). The van der Waals surface area contributed by atoms with Gasteiger partial charge in [0.05, 0.1) is 0 Å². The fourth-order valence-electron chi connectivity index (χ4n) is 4.20. The zero-order chi connectivity index (χ0) is 13.0. The van der Waals surface area contributed by atoms with Gasteiger partial charge in [-0.3, -0.25) is 0 Å². The minimum atomic E-state index is 0.708. The third-order valence-corrected chi connectivity index (χ3v) is 5.66. The van der Waals surface area contributed by atoms with Crippen molar-refractivity contribution in [3.63, 3.8) is 0 Å². The molecule has 1 N–H and O–H groups in total. The van der Waals surface area contributed by atoms with Gasteiger partial charge < -0.3 is 15.0 Å². The lowest BCUT2D eigenvalue weighted by Gasteiger charge is -2.39. The molecule has 0 aromatic heterocycles. The summed E-state index contributed by atoms with van der Waals surface area (Å²) in [5.74, 6) is 0. The molecular formula is C16H30N2O. The Kier molecular flexibility index (Phi) is 4.78. The number of hydrogen-bond acceptors (Lipinski definition) is 3. The predicted octanol–water partition coefficient (Wildman–Crippen LogP) is 2.41. The topological polar surface area (TPSA) is 24.5 Å². The number of hydrogen-bond donors (Lipinski definition) is 1. The van der Waals surface area contributed by atoms with Crippen LogP contribution in [0.1, 0.15) is 51.4 Å². The van der Waals surface area contributed by atoms with Gasteiger partial charge in [-0.2, -0.15) is 0 Å². The molecule has 19 heavy (non-hydrogen) atoms. The molecule has 0 unspecified atom stereocenters. The second kappa shape index (κ2) is 6.55. The second-order valence-corrected chi connectivity index (χ2v) is 6.89. The molecule has 0 atom stereocenters. The number of piperidine rings is 1. The van der Waals surface area contributed by atoms with Crippen LogP contribution in [0.4, 0.5) is 0 Å². The van der Waals surface area contributed by atoms with Crippen LogP contribution in [0.2, 0.25) is 0 Å². The summed E-state index contributed by atoms with van der Waals surface area (Å²) in [6.07, 6.45) is 11.3. The predicted molar refractivity (Wildman–Crippen MR) is 78.4 cm³/mol. The molecule has 3 heteroatoms. The van der Waals surface area contributed by atoms with Crippen LogP contribution in [-0.4, -0.2) is 50.3 Å². The van der Waals surface area contributed by atoms with Crippen molar-refractivity contribution in [2.45, 2.75) is 57.4 Å². The van der Waals surface area contributed by atoms with E-state index in [1.807, 2.05) is 0 Å². The number of nitrogens with zero attached hydrogens (tertiary/aromatic N) is 1. The van der Waals surface area contributed by atoms with E-state index in [2.05, 4.69) is 10.2 Å². The highest BCUT2D eigenvalue weighted by molar-refractivity contribution is 4.89. The molecule has 3 nitrogen and oxygen atoms in total. The van der Waals surface area contributed by atoms with Gasteiger partial charge in [0.25, 0.3) is 0 Å². The van der Waals surface area contributed by atoms with Crippen molar-refractivity contribution in [1.29, 1.82) is 0 Å². The SMILES string of the molecule is C1CCC2(C1)CCN(CCNC1CCOCC1)CC2. The Balaban J connectivity index is 1.31. The first kappa shape index (κ1) is 13.8. The summed E-state index contributed by atoms with van der Waals surface area (Å²) in [7, 11) is 0. The molecule has 1 saturated carbocycles. The van der Waals surface area contributed by atoms with Crippen LogP contribution < -0.4 is 5.32 Å². The van der Waals surface area contributed by atoms with Gasteiger partial charge in [-0.15, -0.1) is 0 Å². The molecule has 2 saturated heterocycles. The average molecular weight is 266 g/mol. The molecule has 110 valence electrons. The minimum absolute atomic E-state index is 0.708. The zero-order valence-corrected chi connectivity index (χ0v) is 12.3. The largest absolute Gasteiger partial charge is 0.381 e. The molecule has 2 heterocycles. The maximum atomic E-state index is 5.40. The van der Waals surface area contributed by atoms with E-state index in [-0.39, 0.29) is 0 Å². The summed E-state index contributed by atoms with van der Waals surface area (Å²) in [5, 5.41) is 3.71. The minimum Gasteiger partial charge on any atom is -0.381 e. The van der Waals surface area contributed by atoms with Gasteiger partial charge >= 0.3 is 0 Å². The number of rotatable bonds is 4. The highest BCUT2D eigenvalue weighted by atomic mass is 16.5. The molecule has 0 bridgehead atoms. The maximum Gasteiger partial charge on any atom is 0.0480 e. The van der Waals surface area contributed by atoms with E-state index in [0.29, 0.717) is 6.04 Å². The molecular weight excluding hydrogens is 236 g/mol. The van der Waals surface area contributed by atoms with Crippen molar-refractivity contribution in [3.8, 4) is 0 Å². The fraction of sp³-hybridized carbons (Fsp3) is 1.00. The summed E-state index contributed by atoms with van der Waals surface area (Å²) in [5.41, 5.74) is 0.768. The van der Waals surface area contributed by atoms with Crippen LogP contribution in [0.5, 0.6) is 0 Å². The normalized spacial score (nSPS) is 29.1. The molecule has 0 amide bonds. The van der Waals surface area contributed by atoms with Crippen LogP contribution in [-0.2, 0) is 4.74 Å². The Hall–Kier alpha value is -0.120. The Bertz CT molecular complexity index is 260. The number of nitrogens with one attached hydrogen (secondary N) is 1. The van der Waals surface area contributed by atoms with Gasteiger partial charge in [-0.05, 0) is 57.0 Å². The molecule has 3 fully saturated rings. The molecule has 1 aliphatic carbocycles. The van der Waals surface area contributed by atoms with Gasteiger partial charge in [0.15, 0.2) is 0 Å². The van der Waals surface area contributed by atoms with Gasteiger partial charge in [0.1, 0.15) is 0 Å². The molecule has 0 aromatic carbocycles. The first-order valence-corrected chi connectivity index (χ1v) is 8.40. The standard InChI is InChI=1S/C16H30N2O/c1-2-6-16(5-1)7-10-18(11-8-16)12-9-17-15-3-13-19-14-4-15/h15,17H,1-14H2. The van der Waals surface area contributed by atoms with Gasteiger partial charge in [-0.1, -0.05) is 12.8 Å². The fourth-order valence-corrected chi connectivity index (χ4v) is 4.20. The van der Waals surface area contributed by atoms with Gasteiger partial charge in [0.2, 0.25) is 0 Å². The highest BCUT2D eigenvalue weighted by Gasteiger charge is 2.36. The third kappa shape index (κ3) is 3.71. The van der Waals surface area contributed by atoms with Crippen LogP contribution >= 0.6 is 0 Å². The number of likely N-dealkylation sites (tertiary alicyclic amines) is 1. The van der Waals surface area contributed by atoms with E-state index in [4.69, 9.17) is 4.74 Å². The van der Waals surface area contributed by atoms with Gasteiger partial charge in [0, 0.05) is 32.3 Å². The lowest BCUT2D eigenvalue weighted by atomic mass is 9.77. The zero-order valence-electron chi connectivity index (χ0n) is 12.3. The molecule has 0 radical (unpaired) electrons. The lowest BCUT2D eigenvalue weighted by Crippen LogP contribution is -2.44. The Morgan fingerprint density at radius 2 is 1.68 bits per heavy atom. The second-order valence-electron chi connectivity index (χ2n) is 6.89. The first-order chi connectivity index (χ1) is 9.36.